The van der Waals surface area contributed by atoms with Gasteiger partial charge < -0.3 is 10.2 Å². The van der Waals surface area contributed by atoms with Gasteiger partial charge in [0.1, 0.15) is 5.82 Å². The van der Waals surface area contributed by atoms with Crippen molar-refractivity contribution in [3.8, 4) is 0 Å². The molecule has 0 bridgehead atoms. The molecule has 11 heteroatoms. The Labute approximate surface area is 152 Å². The van der Waals surface area contributed by atoms with Crippen molar-refractivity contribution in [2.75, 3.05) is 19.4 Å². The van der Waals surface area contributed by atoms with Crippen LogP contribution in [0, 0.1) is 17.5 Å². The first-order valence-corrected chi connectivity index (χ1v) is 8.79. The van der Waals surface area contributed by atoms with E-state index < -0.39 is 49.9 Å². The first-order valence-electron chi connectivity index (χ1n) is 7.31. The van der Waals surface area contributed by atoms with Crippen LogP contribution in [-0.2, 0) is 10.0 Å². The molecule has 2 rings (SSSR count). The van der Waals surface area contributed by atoms with Crippen LogP contribution < -0.4 is 10.0 Å². The van der Waals surface area contributed by atoms with Gasteiger partial charge in [-0.05, 0) is 30.3 Å². The number of urea groups is 1. The molecule has 0 saturated heterocycles. The van der Waals surface area contributed by atoms with E-state index in [4.69, 9.17) is 0 Å². The Morgan fingerprint density at radius 3 is 2.15 bits per heavy atom. The monoisotopic (exact) mass is 401 g/mol. The van der Waals surface area contributed by atoms with Crippen LogP contribution in [0.25, 0.3) is 0 Å². The van der Waals surface area contributed by atoms with Gasteiger partial charge in [0.2, 0.25) is 0 Å². The van der Waals surface area contributed by atoms with Crippen LogP contribution in [0.2, 0.25) is 0 Å². The largest absolute Gasteiger partial charge is 0.330 e. The van der Waals surface area contributed by atoms with Crippen molar-refractivity contribution in [3.05, 3.63) is 59.4 Å². The summed E-state index contributed by atoms with van der Waals surface area (Å²) in [5.41, 5.74) is -0.826. The smallest absolute Gasteiger partial charge is 0.330 e. The van der Waals surface area contributed by atoms with Gasteiger partial charge in [0.15, 0.2) is 11.6 Å². The molecule has 2 aromatic carbocycles. The van der Waals surface area contributed by atoms with Crippen molar-refractivity contribution in [1.82, 2.24) is 9.62 Å². The number of sulfonamides is 1. The molecule has 27 heavy (non-hydrogen) atoms. The standard InChI is InChI=1S/C16H14F3N3O4S/c1-22(2)16(24)21-27(25,26)10-4-6-12(17)11(8-10)15(23)20-9-3-5-13(18)14(19)7-9/h3-8H,1-2H3,(H,20,23)(H,21,24). The average molecular weight is 401 g/mol. The number of nitrogens with one attached hydrogen (secondary N) is 2. The molecular weight excluding hydrogens is 387 g/mol. The maximum absolute atomic E-state index is 14.0. The highest BCUT2D eigenvalue weighted by Gasteiger charge is 2.22. The fourth-order valence-corrected chi connectivity index (χ4v) is 2.93. The van der Waals surface area contributed by atoms with Gasteiger partial charge in [0.05, 0.1) is 10.5 Å². The molecule has 0 heterocycles. The molecule has 3 amide bonds. The zero-order valence-corrected chi connectivity index (χ0v) is 14.9. The fourth-order valence-electron chi connectivity index (χ4n) is 1.88. The summed E-state index contributed by atoms with van der Waals surface area (Å²) in [4.78, 5) is 24.2. The van der Waals surface area contributed by atoms with Crippen LogP contribution in [0.1, 0.15) is 10.4 Å². The SMILES string of the molecule is CN(C)C(=O)NS(=O)(=O)c1ccc(F)c(C(=O)Nc2ccc(F)c(F)c2)c1. The number of hydrogen-bond acceptors (Lipinski definition) is 4. The van der Waals surface area contributed by atoms with E-state index in [-0.39, 0.29) is 5.69 Å². The Morgan fingerprint density at radius 2 is 1.56 bits per heavy atom. The first-order chi connectivity index (χ1) is 12.5. The number of amides is 3. The summed E-state index contributed by atoms with van der Waals surface area (Å²) >= 11 is 0. The van der Waals surface area contributed by atoms with Gasteiger partial charge in [0.25, 0.3) is 15.9 Å². The zero-order chi connectivity index (χ0) is 20.4. The Balaban J connectivity index is 2.32. The average Bonchev–Trinajstić information content (AvgIpc) is 2.57. The predicted octanol–water partition coefficient (Wildman–Crippen LogP) is 2.32. The number of benzene rings is 2. The van der Waals surface area contributed by atoms with Crippen molar-refractivity contribution >= 4 is 27.6 Å². The second-order valence-electron chi connectivity index (χ2n) is 5.53. The molecule has 0 radical (unpaired) electrons. The molecule has 0 aliphatic carbocycles. The third-order valence-electron chi connectivity index (χ3n) is 3.30. The Bertz CT molecular complexity index is 1010. The summed E-state index contributed by atoms with van der Waals surface area (Å²) < 4.78 is 66.1. The lowest BCUT2D eigenvalue weighted by Crippen LogP contribution is -2.38. The number of carbonyl (C=O) groups is 2. The summed E-state index contributed by atoms with van der Waals surface area (Å²) in [6.45, 7) is 0. The second-order valence-corrected chi connectivity index (χ2v) is 7.21. The molecule has 0 fully saturated rings. The van der Waals surface area contributed by atoms with E-state index in [2.05, 4.69) is 5.32 Å². The highest BCUT2D eigenvalue weighted by molar-refractivity contribution is 7.90. The maximum Gasteiger partial charge on any atom is 0.330 e. The number of nitrogens with zero attached hydrogens (tertiary/aromatic N) is 1. The van der Waals surface area contributed by atoms with E-state index in [0.717, 1.165) is 35.2 Å². The van der Waals surface area contributed by atoms with Crippen LogP contribution >= 0.6 is 0 Å². The minimum Gasteiger partial charge on any atom is -0.330 e. The normalized spacial score (nSPS) is 11.0. The maximum atomic E-state index is 14.0. The molecule has 0 aliphatic rings. The zero-order valence-electron chi connectivity index (χ0n) is 14.1. The van der Waals surface area contributed by atoms with E-state index in [9.17, 15) is 31.2 Å². The molecule has 0 spiro atoms. The number of hydrogen-bond donors (Lipinski definition) is 2. The highest BCUT2D eigenvalue weighted by Crippen LogP contribution is 2.18. The Kier molecular flexibility index (Phi) is 5.74. The summed E-state index contributed by atoms with van der Waals surface area (Å²) in [5, 5.41) is 2.13. The summed E-state index contributed by atoms with van der Waals surface area (Å²) in [6, 6.07) is 3.88. The van der Waals surface area contributed by atoms with Crippen LogP contribution in [0.3, 0.4) is 0 Å². The molecule has 144 valence electrons. The Morgan fingerprint density at radius 1 is 0.926 bits per heavy atom. The summed E-state index contributed by atoms with van der Waals surface area (Å²) in [5.74, 6) is -4.50. The van der Waals surface area contributed by atoms with Crippen LogP contribution in [0.4, 0.5) is 23.7 Å². The lowest BCUT2D eigenvalue weighted by Gasteiger charge is -2.13. The molecule has 0 unspecified atom stereocenters. The topological polar surface area (TPSA) is 95.6 Å². The van der Waals surface area contributed by atoms with Crippen molar-refractivity contribution in [2.24, 2.45) is 0 Å². The highest BCUT2D eigenvalue weighted by atomic mass is 32.2. The van der Waals surface area contributed by atoms with Gasteiger partial charge in [-0.2, -0.15) is 0 Å². The molecule has 7 nitrogen and oxygen atoms in total. The van der Waals surface area contributed by atoms with Gasteiger partial charge in [-0.15, -0.1) is 0 Å². The summed E-state index contributed by atoms with van der Waals surface area (Å²) in [7, 11) is -1.73. The van der Waals surface area contributed by atoms with Crippen molar-refractivity contribution in [3.63, 3.8) is 0 Å². The van der Waals surface area contributed by atoms with Gasteiger partial charge in [0, 0.05) is 25.8 Å². The quantitative estimate of drug-likeness (QED) is 0.822. The number of rotatable bonds is 4. The number of halogens is 3. The van der Waals surface area contributed by atoms with Crippen molar-refractivity contribution in [2.45, 2.75) is 4.90 Å². The summed E-state index contributed by atoms with van der Waals surface area (Å²) in [6.07, 6.45) is 0. The third kappa shape index (κ3) is 4.76. The lowest BCUT2D eigenvalue weighted by atomic mass is 10.2. The van der Waals surface area contributed by atoms with Gasteiger partial charge >= 0.3 is 6.03 Å². The third-order valence-corrected chi connectivity index (χ3v) is 4.62. The second kappa shape index (κ2) is 7.66. The van der Waals surface area contributed by atoms with Gasteiger partial charge in [-0.1, -0.05) is 0 Å². The van der Waals surface area contributed by atoms with E-state index in [1.807, 2.05) is 0 Å². The van der Waals surface area contributed by atoms with Crippen molar-refractivity contribution in [1.29, 1.82) is 0 Å². The Hall–Kier alpha value is -3.08. The molecular formula is C16H14F3N3O4S. The number of anilines is 1. The lowest BCUT2D eigenvalue weighted by molar-refractivity contribution is 0.102. The molecule has 0 aliphatic heterocycles. The molecule has 2 aromatic rings. The molecule has 2 N–H and O–H groups in total. The fraction of sp³-hybridized carbons (Fsp3) is 0.125. The van der Waals surface area contributed by atoms with E-state index in [0.29, 0.717) is 6.07 Å². The van der Waals surface area contributed by atoms with Crippen LogP contribution in [0.5, 0.6) is 0 Å². The predicted molar refractivity (Wildman–Crippen MR) is 90.1 cm³/mol. The van der Waals surface area contributed by atoms with Gasteiger partial charge in [-0.25, -0.2) is 31.1 Å². The van der Waals surface area contributed by atoms with Crippen LogP contribution in [0.15, 0.2) is 41.3 Å². The van der Waals surface area contributed by atoms with Crippen LogP contribution in [-0.4, -0.2) is 39.4 Å². The van der Waals surface area contributed by atoms with E-state index >= 15 is 0 Å². The minimum absolute atomic E-state index is 0.160. The molecule has 0 aromatic heterocycles. The molecule has 0 atom stereocenters. The minimum atomic E-state index is -4.36. The van der Waals surface area contributed by atoms with E-state index in [1.165, 1.54) is 14.1 Å². The number of carbonyl (C=O) groups excluding carboxylic acids is 2. The van der Waals surface area contributed by atoms with Crippen molar-refractivity contribution < 1.29 is 31.2 Å². The van der Waals surface area contributed by atoms with E-state index in [1.54, 1.807) is 4.72 Å². The first kappa shape index (κ1) is 20.2. The molecule has 0 saturated carbocycles. The van der Waals surface area contributed by atoms with Gasteiger partial charge in [-0.3, -0.25) is 4.79 Å².